The van der Waals surface area contributed by atoms with Crippen molar-refractivity contribution >= 4 is 17.5 Å². The average molecular weight is 297 g/mol. The van der Waals surface area contributed by atoms with Crippen molar-refractivity contribution < 1.29 is 22.8 Å². The lowest BCUT2D eigenvalue weighted by molar-refractivity contribution is -0.137. The number of amides is 2. The van der Waals surface area contributed by atoms with Crippen LogP contribution in [0.5, 0.6) is 0 Å². The van der Waals surface area contributed by atoms with Crippen LogP contribution in [0.3, 0.4) is 0 Å². The Morgan fingerprint density at radius 3 is 2.67 bits per heavy atom. The first-order valence-corrected chi connectivity index (χ1v) is 6.00. The number of hydrogen-bond acceptors (Lipinski definition) is 3. The number of carbonyl (C=O) groups is 2. The molecule has 1 unspecified atom stereocenters. The van der Waals surface area contributed by atoms with Crippen molar-refractivity contribution in [1.82, 2.24) is 5.32 Å². The maximum Gasteiger partial charge on any atom is 0.417 e. The maximum atomic E-state index is 12.8. The van der Waals surface area contributed by atoms with Crippen molar-refractivity contribution in [2.45, 2.75) is 12.6 Å². The summed E-state index contributed by atoms with van der Waals surface area (Å²) >= 11 is 0. The van der Waals surface area contributed by atoms with E-state index in [0.717, 1.165) is 6.07 Å². The third-order valence-electron chi connectivity index (χ3n) is 3.06. The van der Waals surface area contributed by atoms with Gasteiger partial charge in [0.1, 0.15) is 0 Å². The summed E-state index contributed by atoms with van der Waals surface area (Å²) in [6.45, 7) is 0.160. The number of halogens is 3. The molecule has 1 heterocycles. The summed E-state index contributed by atoms with van der Waals surface area (Å²) in [6.07, 6.45) is -4.68. The highest BCUT2D eigenvalue weighted by molar-refractivity contribution is 5.97. The van der Waals surface area contributed by atoms with Crippen LogP contribution < -0.4 is 10.6 Å². The lowest BCUT2D eigenvalue weighted by atomic mass is 10.1. The van der Waals surface area contributed by atoms with Crippen LogP contribution in [0, 0.1) is 17.2 Å². The van der Waals surface area contributed by atoms with Crippen molar-refractivity contribution in [3.8, 4) is 6.07 Å². The van der Waals surface area contributed by atoms with E-state index < -0.39 is 29.1 Å². The van der Waals surface area contributed by atoms with E-state index in [1.165, 1.54) is 12.1 Å². The molecule has 0 spiro atoms. The number of nitriles is 1. The van der Waals surface area contributed by atoms with Crippen LogP contribution in [-0.2, 0) is 15.8 Å². The van der Waals surface area contributed by atoms with Gasteiger partial charge >= 0.3 is 6.18 Å². The summed E-state index contributed by atoms with van der Waals surface area (Å²) in [5, 5.41) is 13.5. The van der Waals surface area contributed by atoms with Gasteiger partial charge in [-0.05, 0) is 18.2 Å². The smallest absolute Gasteiger partial charge is 0.355 e. The van der Waals surface area contributed by atoms with Gasteiger partial charge < -0.3 is 10.6 Å². The Balaban J connectivity index is 2.20. The van der Waals surface area contributed by atoms with Crippen LogP contribution in [0.25, 0.3) is 0 Å². The molecule has 5 nitrogen and oxygen atoms in total. The second-order valence-corrected chi connectivity index (χ2v) is 4.56. The van der Waals surface area contributed by atoms with Gasteiger partial charge in [0.2, 0.25) is 11.8 Å². The summed E-state index contributed by atoms with van der Waals surface area (Å²) < 4.78 is 38.4. The molecule has 1 aliphatic heterocycles. The molecule has 110 valence electrons. The Kier molecular flexibility index (Phi) is 3.84. The van der Waals surface area contributed by atoms with Crippen LogP contribution in [0.1, 0.15) is 17.5 Å². The van der Waals surface area contributed by atoms with E-state index in [0.29, 0.717) is 6.07 Å². The largest absolute Gasteiger partial charge is 0.417 e. The summed E-state index contributed by atoms with van der Waals surface area (Å²) in [6, 6.07) is 4.38. The van der Waals surface area contributed by atoms with Gasteiger partial charge in [-0.25, -0.2) is 0 Å². The molecule has 0 bridgehead atoms. The van der Waals surface area contributed by atoms with Gasteiger partial charge in [0.05, 0.1) is 23.1 Å². The number of benzene rings is 1. The zero-order valence-corrected chi connectivity index (χ0v) is 10.6. The molecule has 2 amide bonds. The SMILES string of the molecule is N#Cc1ccc(NC(=O)C2CNC(=O)C2)cc1C(F)(F)F. The number of anilines is 1. The lowest BCUT2D eigenvalue weighted by Crippen LogP contribution is -2.25. The molecule has 1 saturated heterocycles. The molecule has 1 aromatic carbocycles. The van der Waals surface area contributed by atoms with E-state index in [1.807, 2.05) is 0 Å². The molecule has 2 rings (SSSR count). The predicted molar refractivity (Wildman–Crippen MR) is 65.9 cm³/mol. The number of alkyl halides is 3. The highest BCUT2D eigenvalue weighted by Gasteiger charge is 2.34. The van der Waals surface area contributed by atoms with Crippen molar-refractivity contribution in [1.29, 1.82) is 5.26 Å². The number of nitrogens with one attached hydrogen (secondary N) is 2. The molecular formula is C13H10F3N3O2. The molecule has 2 N–H and O–H groups in total. The molecule has 8 heteroatoms. The summed E-state index contributed by atoms with van der Waals surface area (Å²) in [4.78, 5) is 22.8. The molecule has 1 aromatic rings. The van der Waals surface area contributed by atoms with Crippen LogP contribution >= 0.6 is 0 Å². The molecule has 1 atom stereocenters. The molecule has 0 aromatic heterocycles. The zero-order chi connectivity index (χ0) is 15.6. The minimum Gasteiger partial charge on any atom is -0.355 e. The van der Waals surface area contributed by atoms with Gasteiger partial charge in [0.25, 0.3) is 0 Å². The zero-order valence-electron chi connectivity index (χ0n) is 10.6. The molecule has 1 aliphatic rings. The van der Waals surface area contributed by atoms with Crippen molar-refractivity contribution in [3.05, 3.63) is 29.3 Å². The Morgan fingerprint density at radius 1 is 1.43 bits per heavy atom. The fraction of sp³-hybridized carbons (Fsp3) is 0.308. The first kappa shape index (κ1) is 14.8. The van der Waals surface area contributed by atoms with Gasteiger partial charge in [-0.2, -0.15) is 18.4 Å². The third kappa shape index (κ3) is 3.31. The molecule has 0 saturated carbocycles. The van der Waals surface area contributed by atoms with Gasteiger partial charge in [0.15, 0.2) is 0 Å². The highest BCUT2D eigenvalue weighted by Crippen LogP contribution is 2.33. The van der Waals surface area contributed by atoms with E-state index >= 15 is 0 Å². The first-order valence-electron chi connectivity index (χ1n) is 6.00. The lowest BCUT2D eigenvalue weighted by Gasteiger charge is -2.13. The minimum atomic E-state index is -4.68. The van der Waals surface area contributed by atoms with E-state index in [1.54, 1.807) is 0 Å². The van der Waals surface area contributed by atoms with Crippen molar-refractivity contribution in [2.75, 3.05) is 11.9 Å². The van der Waals surface area contributed by atoms with Gasteiger partial charge in [-0.1, -0.05) is 0 Å². The van der Waals surface area contributed by atoms with E-state index in [4.69, 9.17) is 5.26 Å². The fourth-order valence-corrected chi connectivity index (χ4v) is 1.99. The Morgan fingerprint density at radius 2 is 2.14 bits per heavy atom. The second kappa shape index (κ2) is 5.44. The standard InChI is InChI=1S/C13H10F3N3O2/c14-13(15,16)10-4-9(2-1-7(10)5-17)19-12(21)8-3-11(20)18-6-8/h1-2,4,8H,3,6H2,(H,18,20)(H,19,21). The van der Waals surface area contributed by atoms with E-state index in [2.05, 4.69) is 10.6 Å². The number of nitrogens with zero attached hydrogens (tertiary/aromatic N) is 1. The first-order chi connectivity index (χ1) is 9.81. The maximum absolute atomic E-state index is 12.8. The monoisotopic (exact) mass is 297 g/mol. The molecule has 1 fully saturated rings. The topological polar surface area (TPSA) is 82.0 Å². The summed E-state index contributed by atoms with van der Waals surface area (Å²) in [7, 11) is 0. The predicted octanol–water partition coefficient (Wildman–Crippen LogP) is 1.65. The van der Waals surface area contributed by atoms with E-state index in [-0.39, 0.29) is 24.6 Å². The van der Waals surface area contributed by atoms with E-state index in [9.17, 15) is 22.8 Å². The third-order valence-corrected chi connectivity index (χ3v) is 3.06. The molecular weight excluding hydrogens is 287 g/mol. The van der Waals surface area contributed by atoms with Crippen LogP contribution in [0.15, 0.2) is 18.2 Å². The summed E-state index contributed by atoms with van der Waals surface area (Å²) in [5.41, 5.74) is -1.69. The number of carbonyl (C=O) groups excluding carboxylic acids is 2. The van der Waals surface area contributed by atoms with Crippen molar-refractivity contribution in [2.24, 2.45) is 5.92 Å². The number of rotatable bonds is 2. The van der Waals surface area contributed by atoms with Crippen molar-refractivity contribution in [3.63, 3.8) is 0 Å². The molecule has 0 radical (unpaired) electrons. The molecule has 0 aliphatic carbocycles. The van der Waals surface area contributed by atoms with Gasteiger partial charge in [-0.3, -0.25) is 9.59 Å². The average Bonchev–Trinajstić information content (AvgIpc) is 2.84. The normalized spacial score (nSPS) is 18.0. The Labute approximate surface area is 117 Å². The van der Waals surface area contributed by atoms with Crippen LogP contribution in [0.2, 0.25) is 0 Å². The van der Waals surface area contributed by atoms with Crippen LogP contribution in [-0.4, -0.2) is 18.4 Å². The van der Waals surface area contributed by atoms with Gasteiger partial charge in [0, 0.05) is 18.7 Å². The quantitative estimate of drug-likeness (QED) is 0.871. The Hall–Kier alpha value is -2.56. The van der Waals surface area contributed by atoms with Gasteiger partial charge in [-0.15, -0.1) is 0 Å². The molecule has 21 heavy (non-hydrogen) atoms. The second-order valence-electron chi connectivity index (χ2n) is 4.56. The Bertz CT molecular complexity index is 635. The highest BCUT2D eigenvalue weighted by atomic mass is 19.4. The fourth-order valence-electron chi connectivity index (χ4n) is 1.99. The summed E-state index contributed by atoms with van der Waals surface area (Å²) in [5.74, 6) is -1.42. The number of hydrogen-bond donors (Lipinski definition) is 2. The minimum absolute atomic E-state index is 0.00818. The van der Waals surface area contributed by atoms with Crippen LogP contribution in [0.4, 0.5) is 18.9 Å².